The number of halogens is 3. The molecule has 2 aromatic rings. The van der Waals surface area contributed by atoms with Gasteiger partial charge in [-0.15, -0.1) is 0 Å². The van der Waals surface area contributed by atoms with Crippen molar-refractivity contribution < 1.29 is 14.4 Å². The van der Waals surface area contributed by atoms with E-state index in [-0.39, 0.29) is 28.6 Å². The first kappa shape index (κ1) is 19.6. The van der Waals surface area contributed by atoms with E-state index in [9.17, 15) is 14.4 Å². The van der Waals surface area contributed by atoms with Gasteiger partial charge in [-0.3, -0.25) is 19.3 Å². The number of rotatable bonds is 1. The molecule has 0 saturated carbocycles. The van der Waals surface area contributed by atoms with Gasteiger partial charge in [-0.25, -0.2) is 4.90 Å². The van der Waals surface area contributed by atoms with Crippen LogP contribution in [0.2, 0.25) is 15.1 Å². The molecule has 0 aromatic heterocycles. The van der Waals surface area contributed by atoms with Crippen LogP contribution in [0.1, 0.15) is 18.4 Å². The van der Waals surface area contributed by atoms with Gasteiger partial charge in [-0.05, 0) is 55.8 Å². The van der Waals surface area contributed by atoms with Crippen molar-refractivity contribution in [1.82, 2.24) is 4.90 Å². The van der Waals surface area contributed by atoms with Crippen molar-refractivity contribution in [2.24, 2.45) is 11.8 Å². The van der Waals surface area contributed by atoms with Crippen LogP contribution in [0.25, 0.3) is 0 Å². The summed E-state index contributed by atoms with van der Waals surface area (Å²) in [5.41, 5.74) is 0.270. The van der Waals surface area contributed by atoms with Crippen molar-refractivity contribution in [2.75, 3.05) is 16.8 Å². The Balaban J connectivity index is 1.58. The second-order valence-corrected chi connectivity index (χ2v) is 9.70. The second kappa shape index (κ2) is 6.45. The van der Waals surface area contributed by atoms with E-state index in [2.05, 4.69) is 5.32 Å². The molecule has 3 saturated heterocycles. The SMILES string of the molecule is O=C1C2C3CCCN3C3(C(=O)Nc4ccc(Cl)cc43)C2C(=O)N1c1cc(Cl)ccc1Cl. The van der Waals surface area contributed by atoms with Gasteiger partial charge in [-0.2, -0.15) is 0 Å². The number of fused-ring (bicyclic) bond motifs is 7. The Bertz CT molecular complexity index is 1200. The molecular weight excluding hydrogens is 461 g/mol. The van der Waals surface area contributed by atoms with E-state index in [1.807, 2.05) is 4.90 Å². The van der Waals surface area contributed by atoms with E-state index in [1.165, 1.54) is 6.07 Å². The predicted octanol–water partition coefficient (Wildman–Crippen LogP) is 4.08. The lowest BCUT2D eigenvalue weighted by Gasteiger charge is -2.36. The minimum atomic E-state index is -1.27. The van der Waals surface area contributed by atoms with Crippen LogP contribution in [0, 0.1) is 11.8 Å². The van der Waals surface area contributed by atoms with E-state index in [0.29, 0.717) is 27.8 Å². The molecule has 6 rings (SSSR count). The number of benzene rings is 2. The molecule has 3 amide bonds. The van der Waals surface area contributed by atoms with Crippen molar-refractivity contribution in [1.29, 1.82) is 0 Å². The smallest absolute Gasteiger partial charge is 0.250 e. The van der Waals surface area contributed by atoms with Gasteiger partial charge >= 0.3 is 0 Å². The summed E-state index contributed by atoms with van der Waals surface area (Å²) < 4.78 is 0. The van der Waals surface area contributed by atoms with Crippen molar-refractivity contribution in [3.05, 3.63) is 57.0 Å². The number of imide groups is 1. The highest BCUT2D eigenvalue weighted by Gasteiger charge is 2.74. The fourth-order valence-electron chi connectivity index (χ4n) is 6.07. The van der Waals surface area contributed by atoms with Gasteiger partial charge in [0.25, 0.3) is 0 Å². The summed E-state index contributed by atoms with van der Waals surface area (Å²) in [7, 11) is 0. The lowest BCUT2D eigenvalue weighted by Crippen LogP contribution is -2.54. The van der Waals surface area contributed by atoms with Gasteiger partial charge in [0.05, 0.1) is 22.5 Å². The molecule has 1 N–H and O–H groups in total. The van der Waals surface area contributed by atoms with Crippen LogP contribution in [0.4, 0.5) is 11.4 Å². The van der Waals surface area contributed by atoms with Gasteiger partial charge < -0.3 is 5.32 Å². The molecule has 4 heterocycles. The molecule has 4 aliphatic heterocycles. The molecule has 0 radical (unpaired) electrons. The molecular formula is C22H16Cl3N3O3. The van der Waals surface area contributed by atoms with Crippen LogP contribution >= 0.6 is 34.8 Å². The number of carbonyl (C=O) groups excluding carboxylic acids is 3. The average molecular weight is 477 g/mol. The molecule has 4 aliphatic rings. The first-order valence-corrected chi connectivity index (χ1v) is 11.2. The first-order chi connectivity index (χ1) is 14.9. The molecule has 3 fully saturated rings. The van der Waals surface area contributed by atoms with E-state index in [4.69, 9.17) is 34.8 Å². The van der Waals surface area contributed by atoms with Gasteiger partial charge in [-0.1, -0.05) is 34.8 Å². The van der Waals surface area contributed by atoms with Crippen LogP contribution < -0.4 is 10.2 Å². The van der Waals surface area contributed by atoms with Crippen LogP contribution in [-0.2, 0) is 19.9 Å². The van der Waals surface area contributed by atoms with Gasteiger partial charge in [0.2, 0.25) is 17.7 Å². The summed E-state index contributed by atoms with van der Waals surface area (Å²) in [4.78, 5) is 44.2. The zero-order valence-corrected chi connectivity index (χ0v) is 18.3. The molecule has 31 heavy (non-hydrogen) atoms. The monoisotopic (exact) mass is 475 g/mol. The van der Waals surface area contributed by atoms with Gasteiger partial charge in [0, 0.05) is 27.3 Å². The largest absolute Gasteiger partial charge is 0.324 e. The Morgan fingerprint density at radius 1 is 0.968 bits per heavy atom. The molecule has 2 aromatic carbocycles. The Kier molecular flexibility index (Phi) is 4.07. The van der Waals surface area contributed by atoms with Crippen molar-refractivity contribution in [3.8, 4) is 0 Å². The van der Waals surface area contributed by atoms with Crippen LogP contribution in [-0.4, -0.2) is 35.2 Å². The highest BCUT2D eigenvalue weighted by atomic mass is 35.5. The summed E-state index contributed by atoms with van der Waals surface area (Å²) in [6, 6.07) is 9.65. The molecule has 0 bridgehead atoms. The fourth-order valence-corrected chi connectivity index (χ4v) is 6.61. The number of hydrogen-bond donors (Lipinski definition) is 1. The summed E-state index contributed by atoms with van der Waals surface area (Å²) >= 11 is 18.8. The first-order valence-electron chi connectivity index (χ1n) is 10.1. The molecule has 4 atom stereocenters. The van der Waals surface area contributed by atoms with E-state index >= 15 is 0 Å². The fraction of sp³-hybridized carbons (Fsp3) is 0.318. The van der Waals surface area contributed by atoms with Crippen LogP contribution in [0.15, 0.2) is 36.4 Å². The highest BCUT2D eigenvalue weighted by Crippen LogP contribution is 2.61. The topological polar surface area (TPSA) is 69.7 Å². The molecule has 158 valence electrons. The molecule has 1 spiro atoms. The summed E-state index contributed by atoms with van der Waals surface area (Å²) in [6.07, 6.45) is 1.58. The lowest BCUT2D eigenvalue weighted by molar-refractivity contribution is -0.135. The lowest BCUT2D eigenvalue weighted by atomic mass is 9.75. The van der Waals surface area contributed by atoms with Gasteiger partial charge in [0.1, 0.15) is 5.54 Å². The maximum absolute atomic E-state index is 13.9. The van der Waals surface area contributed by atoms with E-state index in [1.54, 1.807) is 30.3 Å². The van der Waals surface area contributed by atoms with Crippen LogP contribution in [0.3, 0.4) is 0 Å². The molecule has 6 nitrogen and oxygen atoms in total. The summed E-state index contributed by atoms with van der Waals surface area (Å²) in [5, 5.41) is 4.02. The average Bonchev–Trinajstić information content (AvgIpc) is 3.43. The van der Waals surface area contributed by atoms with E-state index in [0.717, 1.165) is 17.7 Å². The standard InChI is InChI=1S/C22H16Cl3N3O3/c23-10-4-6-14-12(8-10)22(21(31)26-14)18-17(15-2-1-7-27(15)22)19(29)28(20(18)30)16-9-11(24)3-5-13(16)25/h3-6,8-9,15,17-18H,1-2,7H2,(H,26,31). The number of anilines is 2. The van der Waals surface area contributed by atoms with E-state index < -0.39 is 23.3 Å². The third kappa shape index (κ3) is 2.31. The zero-order chi connectivity index (χ0) is 21.7. The number of hydrogen-bond acceptors (Lipinski definition) is 4. The molecule has 0 aliphatic carbocycles. The quantitative estimate of drug-likeness (QED) is 0.630. The molecule has 4 unspecified atom stereocenters. The van der Waals surface area contributed by atoms with Crippen molar-refractivity contribution in [2.45, 2.75) is 24.4 Å². The number of nitrogens with zero attached hydrogens (tertiary/aromatic N) is 2. The second-order valence-electron chi connectivity index (χ2n) is 8.42. The Morgan fingerprint density at radius 2 is 1.71 bits per heavy atom. The number of nitrogens with one attached hydrogen (secondary N) is 1. The third-order valence-corrected chi connectivity index (χ3v) is 7.89. The Morgan fingerprint density at radius 3 is 2.52 bits per heavy atom. The number of amides is 3. The Hall–Kier alpha value is -2.12. The molecule has 9 heteroatoms. The zero-order valence-electron chi connectivity index (χ0n) is 16.1. The van der Waals surface area contributed by atoms with Crippen molar-refractivity contribution >= 4 is 63.9 Å². The maximum Gasteiger partial charge on any atom is 0.250 e. The minimum Gasteiger partial charge on any atom is -0.324 e. The minimum absolute atomic E-state index is 0.208. The third-order valence-electron chi connectivity index (χ3n) is 7.10. The number of carbonyl (C=O) groups is 3. The maximum atomic E-state index is 13.9. The normalized spacial score (nSPS) is 31.4. The van der Waals surface area contributed by atoms with Gasteiger partial charge in [0.15, 0.2) is 0 Å². The highest BCUT2D eigenvalue weighted by molar-refractivity contribution is 6.38. The van der Waals surface area contributed by atoms with Crippen molar-refractivity contribution in [3.63, 3.8) is 0 Å². The van der Waals surface area contributed by atoms with Crippen LogP contribution in [0.5, 0.6) is 0 Å². The summed E-state index contributed by atoms with van der Waals surface area (Å²) in [6.45, 7) is 0.634. The predicted molar refractivity (Wildman–Crippen MR) is 117 cm³/mol. The Labute approximate surface area is 193 Å². The summed E-state index contributed by atoms with van der Waals surface area (Å²) in [5.74, 6) is -2.56.